The minimum Gasteiger partial charge on any atom is -0.351 e. The van der Waals surface area contributed by atoms with E-state index < -0.39 is 18.4 Å². The van der Waals surface area contributed by atoms with Gasteiger partial charge in [-0.3, -0.25) is 4.79 Å². The van der Waals surface area contributed by atoms with E-state index in [4.69, 9.17) is 10.2 Å². The Balaban J connectivity index is 2.80. The number of rotatable bonds is 1. The van der Waals surface area contributed by atoms with Crippen molar-refractivity contribution in [3.8, 4) is 0 Å². The van der Waals surface area contributed by atoms with Crippen LogP contribution in [-0.4, -0.2) is 52.0 Å². The van der Waals surface area contributed by atoms with Crippen molar-refractivity contribution in [2.45, 2.75) is 6.41 Å². The predicted molar refractivity (Wildman–Crippen MR) is 33.1 cm³/mol. The molecule has 0 unspecified atom stereocenters. The zero-order valence-corrected chi connectivity index (χ0v) is 5.89. The number of amides is 3. The van der Waals surface area contributed by atoms with Crippen LogP contribution in [-0.2, 0) is 4.79 Å². The fourth-order valence-electron chi connectivity index (χ4n) is 0.865. The van der Waals surface area contributed by atoms with Gasteiger partial charge in [0, 0.05) is 7.05 Å². The summed E-state index contributed by atoms with van der Waals surface area (Å²) in [7, 11) is 1.41. The Morgan fingerprint density at radius 3 is 2.18 bits per heavy atom. The molecule has 0 saturated carbocycles. The second kappa shape index (κ2) is 2.48. The molecule has 6 nitrogen and oxygen atoms in total. The van der Waals surface area contributed by atoms with E-state index in [9.17, 15) is 9.59 Å². The second-order valence-electron chi connectivity index (χ2n) is 2.25. The minimum absolute atomic E-state index is 0.101. The maximum atomic E-state index is 10.9. The van der Waals surface area contributed by atoms with Crippen molar-refractivity contribution in [3.05, 3.63) is 0 Å². The quantitative estimate of drug-likeness (QED) is 0.348. The third-order valence-corrected chi connectivity index (χ3v) is 1.40. The van der Waals surface area contributed by atoms with E-state index in [2.05, 4.69) is 0 Å². The van der Waals surface area contributed by atoms with Gasteiger partial charge in [0.25, 0.3) is 5.91 Å². The largest absolute Gasteiger partial charge is 0.351 e. The molecule has 0 aromatic heterocycles. The van der Waals surface area contributed by atoms with Crippen molar-refractivity contribution < 1.29 is 19.8 Å². The molecule has 0 atom stereocenters. The number of likely N-dealkylation sites (N-methyl/N-ethyl adjacent to an activating group) is 1. The van der Waals surface area contributed by atoms with Crippen molar-refractivity contribution in [2.75, 3.05) is 13.6 Å². The molecule has 6 heteroatoms. The first-order chi connectivity index (χ1) is 5.04. The highest BCUT2D eigenvalue weighted by molar-refractivity contribution is 6.01. The molecular weight excluding hydrogens is 152 g/mol. The maximum Gasteiger partial charge on any atom is 0.331 e. The average molecular weight is 160 g/mol. The van der Waals surface area contributed by atoms with Crippen LogP contribution in [0.2, 0.25) is 0 Å². The monoisotopic (exact) mass is 160 g/mol. The molecule has 0 aromatic rings. The van der Waals surface area contributed by atoms with Crippen molar-refractivity contribution in [2.24, 2.45) is 0 Å². The average Bonchev–Trinajstić information content (AvgIpc) is 2.07. The molecule has 0 aliphatic carbocycles. The molecule has 1 aliphatic heterocycles. The molecule has 1 aliphatic rings. The van der Waals surface area contributed by atoms with Gasteiger partial charge in [-0.2, -0.15) is 0 Å². The highest BCUT2D eigenvalue weighted by atomic mass is 16.5. The summed E-state index contributed by atoms with van der Waals surface area (Å²) in [6, 6.07) is -0.690. The zero-order chi connectivity index (χ0) is 8.59. The van der Waals surface area contributed by atoms with Crippen LogP contribution < -0.4 is 0 Å². The minimum atomic E-state index is -2.03. The molecule has 11 heavy (non-hydrogen) atoms. The summed E-state index contributed by atoms with van der Waals surface area (Å²) in [5.41, 5.74) is 0. The second-order valence-corrected chi connectivity index (χ2v) is 2.25. The van der Waals surface area contributed by atoms with Crippen LogP contribution in [0.15, 0.2) is 0 Å². The lowest BCUT2D eigenvalue weighted by molar-refractivity contribution is -0.158. The highest BCUT2D eigenvalue weighted by Gasteiger charge is 2.37. The van der Waals surface area contributed by atoms with Crippen LogP contribution in [0.4, 0.5) is 4.79 Å². The van der Waals surface area contributed by atoms with Crippen molar-refractivity contribution in [3.63, 3.8) is 0 Å². The first-order valence-electron chi connectivity index (χ1n) is 2.97. The summed E-state index contributed by atoms with van der Waals surface area (Å²) in [5, 5.41) is 17.0. The number of carbonyl (C=O) groups excluding carboxylic acids is 2. The van der Waals surface area contributed by atoms with Crippen molar-refractivity contribution in [1.29, 1.82) is 0 Å². The first kappa shape index (κ1) is 7.96. The van der Waals surface area contributed by atoms with Gasteiger partial charge >= 0.3 is 6.03 Å². The van der Waals surface area contributed by atoms with Crippen LogP contribution in [0.1, 0.15) is 0 Å². The molecule has 1 saturated heterocycles. The lowest BCUT2D eigenvalue weighted by Crippen LogP contribution is -2.40. The fraction of sp³-hybridized carbons (Fsp3) is 0.600. The summed E-state index contributed by atoms with van der Waals surface area (Å²) in [6.07, 6.45) is -2.03. The van der Waals surface area contributed by atoms with E-state index in [0.29, 0.717) is 4.90 Å². The van der Waals surface area contributed by atoms with E-state index in [1.165, 1.54) is 7.05 Å². The number of aliphatic hydroxyl groups excluding tert-OH is 1. The van der Waals surface area contributed by atoms with Gasteiger partial charge in [-0.25, -0.2) is 9.69 Å². The zero-order valence-electron chi connectivity index (χ0n) is 5.89. The van der Waals surface area contributed by atoms with Gasteiger partial charge in [-0.15, -0.1) is 0 Å². The number of hydrogen-bond acceptors (Lipinski definition) is 4. The number of aliphatic hydroxyl groups is 2. The van der Waals surface area contributed by atoms with Gasteiger partial charge < -0.3 is 15.1 Å². The summed E-state index contributed by atoms with van der Waals surface area (Å²) in [6.45, 7) is -0.101. The summed E-state index contributed by atoms with van der Waals surface area (Å²) in [5.74, 6) is -0.604. The Morgan fingerprint density at radius 2 is 2.00 bits per heavy atom. The van der Waals surface area contributed by atoms with Crippen LogP contribution in [0.25, 0.3) is 0 Å². The van der Waals surface area contributed by atoms with Crippen LogP contribution in [0.5, 0.6) is 0 Å². The number of carbonyl (C=O) groups is 2. The van der Waals surface area contributed by atoms with Gasteiger partial charge in [0.15, 0.2) is 0 Å². The number of imide groups is 1. The van der Waals surface area contributed by atoms with Crippen LogP contribution in [0.3, 0.4) is 0 Å². The first-order valence-corrected chi connectivity index (χ1v) is 2.97. The van der Waals surface area contributed by atoms with Gasteiger partial charge in [0.2, 0.25) is 6.41 Å². The molecule has 0 radical (unpaired) electrons. The van der Waals surface area contributed by atoms with Gasteiger partial charge in [-0.1, -0.05) is 0 Å². The maximum absolute atomic E-state index is 10.9. The molecule has 2 N–H and O–H groups in total. The lowest BCUT2D eigenvalue weighted by atomic mass is 10.6. The Hall–Kier alpha value is -1.14. The SMILES string of the molecule is CN1CC(=O)N(C(O)O)C1=O. The van der Waals surface area contributed by atoms with E-state index in [1.54, 1.807) is 0 Å². The normalized spacial score (nSPS) is 18.9. The van der Waals surface area contributed by atoms with E-state index >= 15 is 0 Å². The Labute approximate surface area is 62.6 Å². The summed E-state index contributed by atoms with van der Waals surface area (Å²) >= 11 is 0. The van der Waals surface area contributed by atoms with Gasteiger partial charge in [0.1, 0.15) is 6.54 Å². The van der Waals surface area contributed by atoms with Gasteiger partial charge in [-0.05, 0) is 0 Å². The smallest absolute Gasteiger partial charge is 0.331 e. The predicted octanol–water partition coefficient (Wildman–Crippen LogP) is -1.85. The highest BCUT2D eigenvalue weighted by Crippen LogP contribution is 2.08. The Kier molecular flexibility index (Phi) is 1.79. The molecule has 0 aromatic carbocycles. The topological polar surface area (TPSA) is 81.1 Å². The third kappa shape index (κ3) is 1.17. The molecule has 62 valence electrons. The molecule has 1 fully saturated rings. The standard InChI is InChI=1S/C5H8N2O4/c1-6-2-3(8)7(4(6)9)5(10)11/h5,10-11H,2H2,1H3. The van der Waals surface area contributed by atoms with Crippen LogP contribution in [0, 0.1) is 0 Å². The third-order valence-electron chi connectivity index (χ3n) is 1.40. The Morgan fingerprint density at radius 1 is 1.45 bits per heavy atom. The number of urea groups is 1. The molecular formula is C5H8N2O4. The fourth-order valence-corrected chi connectivity index (χ4v) is 0.865. The molecule has 3 amide bonds. The molecule has 1 rings (SSSR count). The molecule has 0 bridgehead atoms. The van der Waals surface area contributed by atoms with E-state index in [0.717, 1.165) is 4.90 Å². The van der Waals surface area contributed by atoms with Crippen molar-refractivity contribution in [1.82, 2.24) is 9.80 Å². The van der Waals surface area contributed by atoms with Gasteiger partial charge in [0.05, 0.1) is 0 Å². The van der Waals surface area contributed by atoms with Crippen molar-refractivity contribution >= 4 is 11.9 Å². The number of hydrogen-bond donors (Lipinski definition) is 2. The summed E-state index contributed by atoms with van der Waals surface area (Å²) in [4.78, 5) is 23.1. The Bertz CT molecular complexity index is 203. The molecule has 1 heterocycles. The summed E-state index contributed by atoms with van der Waals surface area (Å²) < 4.78 is 0. The number of nitrogens with zero attached hydrogens (tertiary/aromatic N) is 2. The molecule has 0 spiro atoms. The van der Waals surface area contributed by atoms with E-state index in [1.807, 2.05) is 0 Å². The lowest BCUT2D eigenvalue weighted by Gasteiger charge is -2.14. The van der Waals surface area contributed by atoms with E-state index in [-0.39, 0.29) is 6.54 Å². The van der Waals surface area contributed by atoms with Crippen LogP contribution >= 0.6 is 0 Å².